The number of thioether (sulfide) groups is 1. The van der Waals surface area contributed by atoms with Gasteiger partial charge in [0.1, 0.15) is 6.29 Å². The van der Waals surface area contributed by atoms with E-state index in [-0.39, 0.29) is 10.9 Å². The molecule has 0 fully saturated rings. The van der Waals surface area contributed by atoms with Crippen LogP contribution in [0.15, 0.2) is 41.3 Å². The average Bonchev–Trinajstić information content (AvgIpc) is 2.32. The van der Waals surface area contributed by atoms with Gasteiger partial charge >= 0.3 is 0 Å². The molecule has 1 aromatic rings. The van der Waals surface area contributed by atoms with Crippen molar-refractivity contribution in [3.05, 3.63) is 42.0 Å². The highest BCUT2D eigenvalue weighted by Crippen LogP contribution is 2.38. The van der Waals surface area contributed by atoms with Gasteiger partial charge in [0.25, 0.3) is 0 Å². The first-order valence-corrected chi connectivity index (χ1v) is 6.65. The molecule has 0 aliphatic rings. The highest BCUT2D eigenvalue weighted by atomic mass is 32.2. The fourth-order valence-electron chi connectivity index (χ4n) is 1.91. The smallest absolute Gasteiger partial charge is 0.148 e. The Morgan fingerprint density at radius 2 is 1.94 bits per heavy atom. The Balaban J connectivity index is 2.88. The third kappa shape index (κ3) is 3.72. The van der Waals surface area contributed by atoms with Gasteiger partial charge in [0.15, 0.2) is 0 Å². The van der Waals surface area contributed by atoms with Crippen LogP contribution in [0, 0.1) is 6.92 Å². The van der Waals surface area contributed by atoms with E-state index in [1.165, 1.54) is 5.56 Å². The first kappa shape index (κ1) is 15.0. The van der Waals surface area contributed by atoms with Crippen LogP contribution in [0.25, 0.3) is 0 Å². The fourth-order valence-corrected chi connectivity index (χ4v) is 3.14. The summed E-state index contributed by atoms with van der Waals surface area (Å²) in [7, 11) is 1.61. The zero-order valence-corrected chi connectivity index (χ0v) is 12.2. The van der Waals surface area contributed by atoms with Crippen molar-refractivity contribution in [3.63, 3.8) is 0 Å². The van der Waals surface area contributed by atoms with Crippen molar-refractivity contribution < 1.29 is 9.53 Å². The van der Waals surface area contributed by atoms with Crippen LogP contribution in [0.5, 0.6) is 0 Å². The molecule has 0 saturated heterocycles. The van der Waals surface area contributed by atoms with Gasteiger partial charge in [0.2, 0.25) is 0 Å². The van der Waals surface area contributed by atoms with Crippen molar-refractivity contribution in [1.82, 2.24) is 0 Å². The number of hydrogen-bond donors (Lipinski definition) is 0. The van der Waals surface area contributed by atoms with E-state index in [1.54, 1.807) is 18.9 Å². The Labute approximate surface area is 113 Å². The Morgan fingerprint density at radius 1 is 1.39 bits per heavy atom. The van der Waals surface area contributed by atoms with Crippen molar-refractivity contribution in [2.45, 2.75) is 36.5 Å². The fraction of sp³-hybridized carbons (Fsp3) is 0.400. The molecule has 0 radical (unpaired) electrons. The summed E-state index contributed by atoms with van der Waals surface area (Å²) < 4.78 is 5.16. The van der Waals surface area contributed by atoms with E-state index in [0.29, 0.717) is 5.57 Å². The summed E-state index contributed by atoms with van der Waals surface area (Å²) in [5, 5.41) is 0. The lowest BCUT2D eigenvalue weighted by Gasteiger charge is -2.32. The number of carbonyl (C=O) groups is 1. The molecule has 0 aromatic heterocycles. The number of rotatable bonds is 6. The van der Waals surface area contributed by atoms with E-state index in [0.717, 1.165) is 11.2 Å². The molecule has 1 aromatic carbocycles. The van der Waals surface area contributed by atoms with Crippen LogP contribution in [0.1, 0.15) is 19.4 Å². The number of aldehydes is 1. The molecular formula is C15H20O2S. The van der Waals surface area contributed by atoms with Crippen LogP contribution in [-0.4, -0.2) is 24.2 Å². The van der Waals surface area contributed by atoms with Gasteiger partial charge in [-0.2, -0.15) is 0 Å². The summed E-state index contributed by atoms with van der Waals surface area (Å²) in [4.78, 5) is 12.0. The van der Waals surface area contributed by atoms with E-state index in [1.807, 2.05) is 0 Å². The molecule has 0 aliphatic heterocycles. The molecule has 0 amide bonds. The number of hydrogen-bond acceptors (Lipinski definition) is 3. The largest absolute Gasteiger partial charge is 0.375 e. The standard InChI is InChI=1S/C15H20O2S/c1-11-6-8-13(9-7-11)18-15(3,4)14(17-5)12(2)10-16/h6-10,14H,2H2,1,3-5H3. The Morgan fingerprint density at radius 3 is 2.39 bits per heavy atom. The van der Waals surface area contributed by atoms with Crippen LogP contribution in [0.4, 0.5) is 0 Å². The quantitative estimate of drug-likeness (QED) is 0.446. The summed E-state index contributed by atoms with van der Waals surface area (Å²) in [6.07, 6.45) is 0.479. The summed E-state index contributed by atoms with van der Waals surface area (Å²) in [5.41, 5.74) is 1.71. The zero-order chi connectivity index (χ0) is 13.8. The van der Waals surface area contributed by atoms with E-state index in [4.69, 9.17) is 4.74 Å². The SMILES string of the molecule is C=C(C=O)C(OC)C(C)(C)Sc1ccc(C)cc1. The van der Waals surface area contributed by atoms with E-state index >= 15 is 0 Å². The van der Waals surface area contributed by atoms with E-state index < -0.39 is 0 Å². The summed E-state index contributed by atoms with van der Waals surface area (Å²) in [6.45, 7) is 9.93. The predicted molar refractivity (Wildman–Crippen MR) is 77.1 cm³/mol. The second kappa shape index (κ2) is 6.21. The third-order valence-corrected chi connectivity index (χ3v) is 4.01. The number of ether oxygens (including phenoxy) is 1. The molecule has 1 unspecified atom stereocenters. The van der Waals surface area contributed by atoms with E-state index in [9.17, 15) is 4.79 Å². The number of carbonyl (C=O) groups excluding carboxylic acids is 1. The van der Waals surface area contributed by atoms with Crippen molar-refractivity contribution in [2.75, 3.05) is 7.11 Å². The average molecular weight is 264 g/mol. The Hall–Kier alpha value is -1.06. The second-order valence-corrected chi connectivity index (χ2v) is 6.55. The minimum absolute atomic E-state index is 0.248. The normalized spacial score (nSPS) is 13.1. The highest BCUT2D eigenvalue weighted by Gasteiger charge is 2.32. The van der Waals surface area contributed by atoms with Gasteiger partial charge in [-0.15, -0.1) is 11.8 Å². The first-order valence-electron chi connectivity index (χ1n) is 5.83. The van der Waals surface area contributed by atoms with Crippen LogP contribution in [0.3, 0.4) is 0 Å². The molecule has 2 nitrogen and oxygen atoms in total. The molecule has 0 heterocycles. The van der Waals surface area contributed by atoms with Gasteiger partial charge in [-0.25, -0.2) is 0 Å². The molecule has 18 heavy (non-hydrogen) atoms. The monoisotopic (exact) mass is 264 g/mol. The molecule has 3 heteroatoms. The van der Waals surface area contributed by atoms with Gasteiger partial charge in [-0.05, 0) is 32.9 Å². The number of benzene rings is 1. The topological polar surface area (TPSA) is 26.3 Å². The van der Waals surface area contributed by atoms with Gasteiger partial charge in [-0.1, -0.05) is 24.3 Å². The maximum atomic E-state index is 10.9. The molecule has 0 bridgehead atoms. The van der Waals surface area contributed by atoms with Crippen molar-refractivity contribution in [3.8, 4) is 0 Å². The maximum Gasteiger partial charge on any atom is 0.148 e. The minimum atomic E-state index is -0.290. The van der Waals surface area contributed by atoms with Gasteiger partial charge < -0.3 is 4.74 Å². The minimum Gasteiger partial charge on any atom is -0.375 e. The van der Waals surface area contributed by atoms with Crippen molar-refractivity contribution in [1.29, 1.82) is 0 Å². The third-order valence-electron chi connectivity index (χ3n) is 2.76. The number of aryl methyl sites for hydroxylation is 1. The van der Waals surface area contributed by atoms with Crippen LogP contribution < -0.4 is 0 Å². The maximum absolute atomic E-state index is 10.9. The molecule has 0 aliphatic carbocycles. The molecule has 1 atom stereocenters. The molecule has 0 N–H and O–H groups in total. The van der Waals surface area contributed by atoms with Crippen LogP contribution >= 0.6 is 11.8 Å². The lowest BCUT2D eigenvalue weighted by molar-refractivity contribution is -0.106. The van der Waals surface area contributed by atoms with Crippen molar-refractivity contribution >= 4 is 18.0 Å². The van der Waals surface area contributed by atoms with Gasteiger partial charge in [0, 0.05) is 22.3 Å². The second-order valence-electron chi connectivity index (χ2n) is 4.83. The van der Waals surface area contributed by atoms with Crippen LogP contribution in [0.2, 0.25) is 0 Å². The predicted octanol–water partition coefficient (Wildman–Crippen LogP) is 3.64. The van der Waals surface area contributed by atoms with Gasteiger partial charge in [0.05, 0.1) is 6.10 Å². The molecule has 98 valence electrons. The first-order chi connectivity index (χ1) is 8.40. The molecule has 0 saturated carbocycles. The lowest BCUT2D eigenvalue weighted by atomic mass is 10.00. The summed E-state index contributed by atoms with van der Waals surface area (Å²) >= 11 is 1.69. The van der Waals surface area contributed by atoms with Gasteiger partial charge in [-0.3, -0.25) is 4.79 Å². The molecule has 1 rings (SSSR count). The highest BCUT2D eigenvalue weighted by molar-refractivity contribution is 8.00. The lowest BCUT2D eigenvalue weighted by Crippen LogP contribution is -2.36. The molecule has 0 spiro atoms. The Bertz CT molecular complexity index is 421. The van der Waals surface area contributed by atoms with Crippen molar-refractivity contribution in [2.24, 2.45) is 0 Å². The van der Waals surface area contributed by atoms with Crippen LogP contribution in [-0.2, 0) is 9.53 Å². The zero-order valence-electron chi connectivity index (χ0n) is 11.4. The Kier molecular flexibility index (Phi) is 5.17. The summed E-state index contributed by atoms with van der Waals surface area (Å²) in [6, 6.07) is 8.32. The van der Waals surface area contributed by atoms with E-state index in [2.05, 4.69) is 51.6 Å². The summed E-state index contributed by atoms with van der Waals surface area (Å²) in [5.74, 6) is 0. The molecular weight excluding hydrogens is 244 g/mol. The number of methoxy groups -OCH3 is 1.